The van der Waals surface area contributed by atoms with E-state index in [0.717, 1.165) is 10.0 Å². The number of nitrogens with one attached hydrogen (secondary N) is 1. The fourth-order valence-electron chi connectivity index (χ4n) is 3.16. The van der Waals surface area contributed by atoms with E-state index in [1.54, 1.807) is 19.1 Å². The van der Waals surface area contributed by atoms with E-state index in [-0.39, 0.29) is 25.4 Å². The number of aromatic nitrogens is 2. The van der Waals surface area contributed by atoms with E-state index < -0.39 is 17.3 Å². The largest absolute Gasteiger partial charge is 0.396 e. The summed E-state index contributed by atoms with van der Waals surface area (Å²) >= 11 is 3.41. The molecule has 0 bridgehead atoms. The average molecular weight is 474 g/mol. The van der Waals surface area contributed by atoms with Gasteiger partial charge in [0, 0.05) is 40.0 Å². The van der Waals surface area contributed by atoms with Gasteiger partial charge in [0.05, 0.1) is 0 Å². The van der Waals surface area contributed by atoms with E-state index in [2.05, 4.69) is 26.2 Å². The fraction of sp³-hybridized carbons (Fsp3) is 0.227. The molecule has 0 saturated carbocycles. The third-order valence-electron chi connectivity index (χ3n) is 4.66. The first-order valence-corrected chi connectivity index (χ1v) is 10.1. The molecule has 156 valence electrons. The molecule has 0 atom stereocenters. The highest BCUT2D eigenvalue weighted by Crippen LogP contribution is 2.21. The van der Waals surface area contributed by atoms with Gasteiger partial charge in [-0.2, -0.15) is 0 Å². The SMILES string of the molecule is Cc1cc(NC(=O)Cn2c(-c3cccc(F)c3)nc(C)c(CCO)c2=O)ccc1Br. The lowest BCUT2D eigenvalue weighted by atomic mass is 10.1. The summed E-state index contributed by atoms with van der Waals surface area (Å²) in [6, 6.07) is 11.1. The third-order valence-corrected chi connectivity index (χ3v) is 5.55. The molecule has 1 heterocycles. The summed E-state index contributed by atoms with van der Waals surface area (Å²) in [5.74, 6) is -0.696. The first-order chi connectivity index (χ1) is 14.3. The Balaban J connectivity index is 2.02. The van der Waals surface area contributed by atoms with Crippen LogP contribution in [0, 0.1) is 19.7 Å². The van der Waals surface area contributed by atoms with Crippen LogP contribution in [0.2, 0.25) is 0 Å². The summed E-state index contributed by atoms with van der Waals surface area (Å²) in [4.78, 5) is 30.2. The van der Waals surface area contributed by atoms with Crippen molar-refractivity contribution in [3.05, 3.63) is 79.9 Å². The molecule has 2 N–H and O–H groups in total. The molecule has 0 fully saturated rings. The number of hydrogen-bond donors (Lipinski definition) is 2. The number of aliphatic hydroxyl groups is 1. The monoisotopic (exact) mass is 473 g/mol. The molecule has 3 aromatic rings. The Morgan fingerprint density at radius 3 is 2.67 bits per heavy atom. The minimum absolute atomic E-state index is 0.120. The maximum atomic E-state index is 13.8. The van der Waals surface area contributed by atoms with Crippen LogP contribution in [-0.2, 0) is 17.8 Å². The van der Waals surface area contributed by atoms with Crippen molar-refractivity contribution in [2.75, 3.05) is 11.9 Å². The van der Waals surface area contributed by atoms with E-state index in [9.17, 15) is 19.1 Å². The number of benzene rings is 2. The molecule has 0 radical (unpaired) electrons. The van der Waals surface area contributed by atoms with Gasteiger partial charge in [-0.25, -0.2) is 9.37 Å². The topological polar surface area (TPSA) is 84.2 Å². The maximum absolute atomic E-state index is 13.8. The number of rotatable bonds is 6. The number of halogens is 2. The number of amides is 1. The number of carbonyl (C=O) groups excluding carboxylic acids is 1. The average Bonchev–Trinajstić information content (AvgIpc) is 2.70. The van der Waals surface area contributed by atoms with Crippen molar-refractivity contribution >= 4 is 27.5 Å². The highest BCUT2D eigenvalue weighted by Gasteiger charge is 2.18. The molecule has 1 aromatic heterocycles. The molecule has 8 heteroatoms. The van der Waals surface area contributed by atoms with E-state index in [4.69, 9.17) is 0 Å². The maximum Gasteiger partial charge on any atom is 0.257 e. The van der Waals surface area contributed by atoms with Crippen LogP contribution in [0.4, 0.5) is 10.1 Å². The Morgan fingerprint density at radius 1 is 1.23 bits per heavy atom. The van der Waals surface area contributed by atoms with Gasteiger partial charge in [0.25, 0.3) is 5.56 Å². The van der Waals surface area contributed by atoms with E-state index >= 15 is 0 Å². The lowest BCUT2D eigenvalue weighted by Gasteiger charge is -2.16. The van der Waals surface area contributed by atoms with Gasteiger partial charge in [-0.1, -0.05) is 28.1 Å². The number of aryl methyl sites for hydroxylation is 2. The molecule has 1 amide bonds. The molecule has 2 aromatic carbocycles. The third kappa shape index (κ3) is 4.83. The van der Waals surface area contributed by atoms with Crippen LogP contribution in [0.15, 0.2) is 51.7 Å². The zero-order valence-corrected chi connectivity index (χ0v) is 18.2. The van der Waals surface area contributed by atoms with Crippen molar-refractivity contribution in [2.45, 2.75) is 26.8 Å². The normalized spacial score (nSPS) is 10.8. The number of aliphatic hydroxyl groups excluding tert-OH is 1. The molecule has 3 rings (SSSR count). The Bertz CT molecular complexity index is 1160. The van der Waals surface area contributed by atoms with Crippen LogP contribution in [-0.4, -0.2) is 27.2 Å². The summed E-state index contributed by atoms with van der Waals surface area (Å²) < 4.78 is 15.9. The van der Waals surface area contributed by atoms with Gasteiger partial charge in [0.1, 0.15) is 18.2 Å². The second-order valence-electron chi connectivity index (χ2n) is 6.89. The quantitative estimate of drug-likeness (QED) is 0.572. The summed E-state index contributed by atoms with van der Waals surface area (Å²) in [6.45, 7) is 3.04. The van der Waals surface area contributed by atoms with Crippen LogP contribution in [0.3, 0.4) is 0 Å². The minimum Gasteiger partial charge on any atom is -0.396 e. The fourth-order valence-corrected chi connectivity index (χ4v) is 3.41. The van der Waals surface area contributed by atoms with E-state index in [1.807, 2.05) is 19.1 Å². The lowest BCUT2D eigenvalue weighted by molar-refractivity contribution is -0.116. The van der Waals surface area contributed by atoms with Crippen molar-refractivity contribution in [1.82, 2.24) is 9.55 Å². The van der Waals surface area contributed by atoms with Gasteiger partial charge in [0.15, 0.2) is 0 Å². The molecule has 30 heavy (non-hydrogen) atoms. The van der Waals surface area contributed by atoms with Crippen LogP contribution >= 0.6 is 15.9 Å². The first kappa shape index (κ1) is 21.9. The van der Waals surface area contributed by atoms with Gasteiger partial charge >= 0.3 is 0 Å². The summed E-state index contributed by atoms with van der Waals surface area (Å²) in [5, 5.41) is 12.1. The molecule has 0 spiro atoms. The predicted molar refractivity (Wildman–Crippen MR) is 117 cm³/mol. The number of carbonyl (C=O) groups is 1. The number of anilines is 1. The van der Waals surface area contributed by atoms with Gasteiger partial charge < -0.3 is 10.4 Å². The van der Waals surface area contributed by atoms with Gasteiger partial charge in [-0.15, -0.1) is 0 Å². The smallest absolute Gasteiger partial charge is 0.257 e. The zero-order chi connectivity index (χ0) is 21.8. The summed E-state index contributed by atoms with van der Waals surface area (Å²) in [6.07, 6.45) is 0.120. The summed E-state index contributed by atoms with van der Waals surface area (Å²) in [5.41, 5.74) is 2.26. The Hall–Kier alpha value is -2.84. The molecule has 0 aliphatic carbocycles. The van der Waals surface area contributed by atoms with Crippen LogP contribution in [0.5, 0.6) is 0 Å². The van der Waals surface area contributed by atoms with Gasteiger partial charge in [-0.3, -0.25) is 14.2 Å². The zero-order valence-electron chi connectivity index (χ0n) is 16.6. The van der Waals surface area contributed by atoms with Crippen LogP contribution in [0.25, 0.3) is 11.4 Å². The molecule has 0 aliphatic heterocycles. The summed E-state index contributed by atoms with van der Waals surface area (Å²) in [7, 11) is 0. The number of nitrogens with zero attached hydrogens (tertiary/aromatic N) is 2. The second-order valence-corrected chi connectivity index (χ2v) is 7.74. The molecule has 0 aliphatic rings. The lowest BCUT2D eigenvalue weighted by Crippen LogP contribution is -2.33. The van der Waals surface area contributed by atoms with Crippen LogP contribution < -0.4 is 10.9 Å². The van der Waals surface area contributed by atoms with Crippen molar-refractivity contribution in [3.8, 4) is 11.4 Å². The van der Waals surface area contributed by atoms with E-state index in [0.29, 0.717) is 22.5 Å². The van der Waals surface area contributed by atoms with Gasteiger partial charge in [-0.05, 0) is 49.7 Å². The molecular formula is C22H21BrFN3O3. The second kappa shape index (κ2) is 9.32. The van der Waals surface area contributed by atoms with Gasteiger partial charge in [0.2, 0.25) is 5.91 Å². The van der Waals surface area contributed by atoms with Crippen molar-refractivity contribution in [3.63, 3.8) is 0 Å². The highest BCUT2D eigenvalue weighted by atomic mass is 79.9. The molecule has 0 saturated heterocycles. The predicted octanol–water partition coefficient (Wildman–Crippen LogP) is 3.60. The Morgan fingerprint density at radius 2 is 2.00 bits per heavy atom. The van der Waals surface area contributed by atoms with Crippen molar-refractivity contribution < 1.29 is 14.3 Å². The minimum atomic E-state index is -0.472. The van der Waals surface area contributed by atoms with Crippen LogP contribution in [0.1, 0.15) is 16.8 Å². The molecule has 0 unspecified atom stereocenters. The van der Waals surface area contributed by atoms with E-state index in [1.165, 1.54) is 22.8 Å². The molecular weight excluding hydrogens is 453 g/mol. The van der Waals surface area contributed by atoms with Crippen molar-refractivity contribution in [2.24, 2.45) is 0 Å². The number of hydrogen-bond acceptors (Lipinski definition) is 4. The standard InChI is InChI=1S/C22H21BrFN3O3/c1-13-10-17(6-7-19(13)23)26-20(29)12-27-21(15-4-3-5-16(24)11-15)25-14(2)18(8-9-28)22(27)30/h3-7,10-11,28H,8-9,12H2,1-2H3,(H,26,29). The Kier molecular flexibility index (Phi) is 6.79. The Labute approximate surface area is 181 Å². The first-order valence-electron chi connectivity index (χ1n) is 9.33. The molecule has 6 nitrogen and oxygen atoms in total. The highest BCUT2D eigenvalue weighted by molar-refractivity contribution is 9.10. The van der Waals surface area contributed by atoms with Crippen molar-refractivity contribution in [1.29, 1.82) is 0 Å².